The third kappa shape index (κ3) is 4.45. The molecule has 170 valence electrons. The quantitative estimate of drug-likeness (QED) is 0.770. The van der Waals surface area contributed by atoms with Crippen LogP contribution in [0.1, 0.15) is 70.6 Å². The van der Waals surface area contributed by atoms with Crippen molar-refractivity contribution >= 4 is 11.9 Å². The number of aliphatic carboxylic acids is 1. The number of ether oxygens (including phenoxy) is 2. The number of likely N-dealkylation sites (tertiary alicyclic amines) is 1. The Morgan fingerprint density at radius 3 is 2.71 bits per heavy atom. The molecule has 0 aromatic heterocycles. The molecule has 0 aliphatic carbocycles. The monoisotopic (exact) mass is 429 g/mol. The van der Waals surface area contributed by atoms with Crippen LogP contribution in [0.25, 0.3) is 0 Å². The molecule has 3 heterocycles. The van der Waals surface area contributed by atoms with E-state index in [4.69, 9.17) is 14.6 Å². The van der Waals surface area contributed by atoms with Gasteiger partial charge >= 0.3 is 5.97 Å². The molecule has 6 nitrogen and oxygen atoms in total. The van der Waals surface area contributed by atoms with Crippen molar-refractivity contribution in [2.75, 3.05) is 13.1 Å². The molecule has 1 N–H and O–H groups in total. The fourth-order valence-electron chi connectivity index (χ4n) is 5.63. The molecular weight excluding hydrogens is 394 g/mol. The van der Waals surface area contributed by atoms with Crippen LogP contribution in [0.4, 0.5) is 0 Å². The number of rotatable bonds is 4. The first-order valence-electron chi connectivity index (χ1n) is 11.4. The summed E-state index contributed by atoms with van der Waals surface area (Å²) in [5.41, 5.74) is 1.43. The molecule has 0 unspecified atom stereocenters. The minimum atomic E-state index is -0.863. The van der Waals surface area contributed by atoms with Crippen LogP contribution in [0.15, 0.2) is 18.2 Å². The highest BCUT2D eigenvalue weighted by Crippen LogP contribution is 2.53. The SMILES string of the molecule is Cc1ccc2c(c1)OC(C)(C)[C@H]1C[C@@H]3CN(C(=O)CC(C)(C)CC(=O)O)CC[C@@H]3O[C@H]21. The van der Waals surface area contributed by atoms with E-state index in [1.165, 1.54) is 5.56 Å². The topological polar surface area (TPSA) is 76.1 Å². The third-order valence-corrected chi connectivity index (χ3v) is 7.26. The Labute approximate surface area is 184 Å². The standard InChI is InChI=1S/C25H35NO5/c1-15-6-7-17-20(10-15)31-25(4,5)18-11-16-14-26(9-8-19(16)30-23(17)18)21(27)12-24(2,3)13-22(28)29/h6-7,10,16,18-19,23H,8-9,11-14H2,1-5H3,(H,28,29)/t16-,18+,19+,23-/m1/s1. The lowest BCUT2D eigenvalue weighted by molar-refractivity contribution is -0.189. The summed E-state index contributed by atoms with van der Waals surface area (Å²) in [5.74, 6) is 0.613. The fraction of sp³-hybridized carbons (Fsp3) is 0.680. The van der Waals surface area contributed by atoms with Crippen LogP contribution in [0.5, 0.6) is 5.75 Å². The molecule has 0 spiro atoms. The number of hydrogen-bond donors (Lipinski definition) is 1. The van der Waals surface area contributed by atoms with Crippen molar-refractivity contribution in [3.8, 4) is 5.75 Å². The van der Waals surface area contributed by atoms with Gasteiger partial charge in [0.25, 0.3) is 0 Å². The van der Waals surface area contributed by atoms with Gasteiger partial charge in [0.1, 0.15) is 11.4 Å². The van der Waals surface area contributed by atoms with E-state index in [1.54, 1.807) is 0 Å². The molecule has 0 radical (unpaired) electrons. The zero-order chi connectivity index (χ0) is 22.6. The second-order valence-corrected chi connectivity index (χ2v) is 11.0. The Balaban J connectivity index is 1.48. The van der Waals surface area contributed by atoms with Gasteiger partial charge in [-0.15, -0.1) is 0 Å². The van der Waals surface area contributed by atoms with Gasteiger partial charge in [0.05, 0.1) is 18.6 Å². The lowest BCUT2D eigenvalue weighted by Gasteiger charge is -2.53. The number of nitrogens with zero attached hydrogens (tertiary/aromatic N) is 1. The van der Waals surface area contributed by atoms with Crippen LogP contribution >= 0.6 is 0 Å². The predicted octanol–water partition coefficient (Wildman–Crippen LogP) is 4.35. The minimum Gasteiger partial charge on any atom is -0.487 e. The van der Waals surface area contributed by atoms with E-state index in [2.05, 4.69) is 39.0 Å². The zero-order valence-electron chi connectivity index (χ0n) is 19.3. The molecular formula is C25H35NO5. The first kappa shape index (κ1) is 22.1. The molecule has 3 aliphatic heterocycles. The van der Waals surface area contributed by atoms with Crippen LogP contribution in [0.2, 0.25) is 0 Å². The number of amides is 1. The molecule has 2 fully saturated rings. The van der Waals surface area contributed by atoms with E-state index in [0.29, 0.717) is 13.1 Å². The number of fused-ring (bicyclic) bond motifs is 4. The van der Waals surface area contributed by atoms with Crippen molar-refractivity contribution in [2.24, 2.45) is 17.3 Å². The van der Waals surface area contributed by atoms with Crippen LogP contribution in [0.3, 0.4) is 0 Å². The van der Waals surface area contributed by atoms with Crippen molar-refractivity contribution in [1.29, 1.82) is 0 Å². The van der Waals surface area contributed by atoms with Gasteiger partial charge in [0.15, 0.2) is 0 Å². The molecule has 3 aliphatic rings. The Morgan fingerprint density at radius 2 is 2.00 bits per heavy atom. The molecule has 0 saturated carbocycles. The fourth-order valence-corrected chi connectivity index (χ4v) is 5.63. The van der Waals surface area contributed by atoms with Gasteiger partial charge in [-0.3, -0.25) is 9.59 Å². The summed E-state index contributed by atoms with van der Waals surface area (Å²) in [6.45, 7) is 11.4. The maximum atomic E-state index is 12.9. The van der Waals surface area contributed by atoms with E-state index in [-0.39, 0.29) is 48.4 Å². The number of hydrogen-bond acceptors (Lipinski definition) is 4. The normalized spacial score (nSPS) is 29.3. The van der Waals surface area contributed by atoms with Gasteiger partial charge in [-0.1, -0.05) is 26.0 Å². The maximum absolute atomic E-state index is 12.9. The summed E-state index contributed by atoms with van der Waals surface area (Å²) in [4.78, 5) is 26.0. The minimum absolute atomic E-state index is 0.00406. The smallest absolute Gasteiger partial charge is 0.303 e. The van der Waals surface area contributed by atoms with Gasteiger partial charge in [-0.25, -0.2) is 0 Å². The summed E-state index contributed by atoms with van der Waals surface area (Å²) in [6, 6.07) is 6.36. The summed E-state index contributed by atoms with van der Waals surface area (Å²) in [7, 11) is 0. The molecule has 4 rings (SSSR count). The first-order valence-corrected chi connectivity index (χ1v) is 11.4. The van der Waals surface area contributed by atoms with Crippen molar-refractivity contribution in [3.63, 3.8) is 0 Å². The largest absolute Gasteiger partial charge is 0.487 e. The number of benzene rings is 1. The Morgan fingerprint density at radius 1 is 1.26 bits per heavy atom. The van der Waals surface area contributed by atoms with Crippen LogP contribution < -0.4 is 4.74 Å². The second kappa shape index (κ2) is 7.80. The third-order valence-electron chi connectivity index (χ3n) is 7.26. The number of carbonyl (C=O) groups is 2. The van der Waals surface area contributed by atoms with Gasteiger partial charge in [-0.05, 0) is 50.7 Å². The van der Waals surface area contributed by atoms with Crippen LogP contribution in [-0.2, 0) is 14.3 Å². The van der Waals surface area contributed by atoms with Crippen molar-refractivity contribution < 1.29 is 24.2 Å². The average Bonchev–Trinajstić information content (AvgIpc) is 2.64. The van der Waals surface area contributed by atoms with E-state index < -0.39 is 11.4 Å². The van der Waals surface area contributed by atoms with Gasteiger partial charge in [-0.2, -0.15) is 0 Å². The molecule has 6 heteroatoms. The lowest BCUT2D eigenvalue weighted by atomic mass is 9.70. The highest BCUT2D eigenvalue weighted by atomic mass is 16.5. The summed E-state index contributed by atoms with van der Waals surface area (Å²) < 4.78 is 13.1. The van der Waals surface area contributed by atoms with Crippen LogP contribution in [0, 0.1) is 24.2 Å². The van der Waals surface area contributed by atoms with Crippen molar-refractivity contribution in [2.45, 2.75) is 78.1 Å². The molecule has 31 heavy (non-hydrogen) atoms. The van der Waals surface area contributed by atoms with Crippen molar-refractivity contribution in [3.05, 3.63) is 29.3 Å². The number of aryl methyl sites for hydroxylation is 1. The molecule has 2 saturated heterocycles. The highest BCUT2D eigenvalue weighted by Gasteiger charge is 2.51. The Bertz CT molecular complexity index is 877. The van der Waals surface area contributed by atoms with Crippen molar-refractivity contribution in [1.82, 2.24) is 4.90 Å². The number of carboxylic acid groups (broad SMARTS) is 1. The summed E-state index contributed by atoms with van der Waals surface area (Å²) >= 11 is 0. The summed E-state index contributed by atoms with van der Waals surface area (Å²) in [6.07, 6.45) is 2.19. The van der Waals surface area contributed by atoms with Crippen LogP contribution in [-0.4, -0.2) is 46.7 Å². The van der Waals surface area contributed by atoms with E-state index >= 15 is 0 Å². The molecule has 1 aromatic carbocycles. The molecule has 4 atom stereocenters. The van der Waals surface area contributed by atoms with E-state index in [9.17, 15) is 9.59 Å². The first-order chi connectivity index (χ1) is 14.4. The summed E-state index contributed by atoms with van der Waals surface area (Å²) in [5, 5.41) is 9.12. The number of carboxylic acids is 1. The Hall–Kier alpha value is -2.08. The van der Waals surface area contributed by atoms with Gasteiger partial charge < -0.3 is 19.5 Å². The maximum Gasteiger partial charge on any atom is 0.303 e. The number of piperidine rings is 1. The van der Waals surface area contributed by atoms with E-state index in [1.807, 2.05) is 18.7 Å². The second-order valence-electron chi connectivity index (χ2n) is 11.0. The molecule has 1 amide bonds. The lowest BCUT2D eigenvalue weighted by Crippen LogP contribution is -2.56. The Kier molecular flexibility index (Phi) is 5.57. The average molecular weight is 430 g/mol. The highest BCUT2D eigenvalue weighted by molar-refractivity contribution is 5.78. The number of carbonyl (C=O) groups excluding carboxylic acids is 1. The predicted molar refractivity (Wildman–Crippen MR) is 117 cm³/mol. The molecule has 1 aromatic rings. The van der Waals surface area contributed by atoms with Gasteiger partial charge in [0, 0.05) is 36.9 Å². The van der Waals surface area contributed by atoms with E-state index in [0.717, 1.165) is 24.2 Å². The molecule has 0 bridgehead atoms. The zero-order valence-corrected chi connectivity index (χ0v) is 19.3. The van der Waals surface area contributed by atoms with Gasteiger partial charge in [0.2, 0.25) is 5.91 Å².